The van der Waals surface area contributed by atoms with Crippen molar-refractivity contribution in [3.05, 3.63) is 89.5 Å². The van der Waals surface area contributed by atoms with Crippen molar-refractivity contribution in [2.75, 3.05) is 13.7 Å². The summed E-state index contributed by atoms with van der Waals surface area (Å²) in [5, 5.41) is 4.45. The summed E-state index contributed by atoms with van der Waals surface area (Å²) in [6, 6.07) is 20.6. The molecule has 7 nitrogen and oxygen atoms in total. The van der Waals surface area contributed by atoms with E-state index in [4.69, 9.17) is 25.6 Å². The fourth-order valence-corrected chi connectivity index (χ4v) is 4.52. The first-order valence-electron chi connectivity index (χ1n) is 10.1. The molecule has 33 heavy (non-hydrogen) atoms. The van der Waals surface area contributed by atoms with Crippen LogP contribution in [-0.2, 0) is 11.8 Å². The summed E-state index contributed by atoms with van der Waals surface area (Å²) < 4.78 is 19.1. The van der Waals surface area contributed by atoms with Gasteiger partial charge in [0.25, 0.3) is 0 Å². The van der Waals surface area contributed by atoms with Gasteiger partial charge in [0.2, 0.25) is 0 Å². The largest absolute Gasteiger partial charge is 0.494 e. The van der Waals surface area contributed by atoms with Gasteiger partial charge in [-0.15, -0.1) is 0 Å². The Morgan fingerprint density at radius 1 is 0.788 bits per heavy atom. The third-order valence-corrected chi connectivity index (χ3v) is 7.24. The summed E-state index contributed by atoms with van der Waals surface area (Å²) in [5.41, 5.74) is 1.88. The average Bonchev–Trinajstić information content (AvgIpc) is 2.84. The third-order valence-electron chi connectivity index (χ3n) is 4.39. The monoisotopic (exact) mass is 482 g/mol. The van der Waals surface area contributed by atoms with Gasteiger partial charge in [0.1, 0.15) is 29.8 Å². The van der Waals surface area contributed by atoms with Crippen molar-refractivity contribution in [2.24, 2.45) is 5.10 Å². The van der Waals surface area contributed by atoms with Crippen LogP contribution >= 0.6 is 6.64 Å². The lowest BCUT2D eigenvalue weighted by atomic mass is 10.2. The van der Waals surface area contributed by atoms with Gasteiger partial charge in [-0.3, -0.25) is 9.59 Å². The molecule has 0 heterocycles. The van der Waals surface area contributed by atoms with E-state index in [-0.39, 0.29) is 0 Å². The number of nitrogens with zero attached hydrogens (tertiary/aromatic N) is 2. The minimum atomic E-state index is -3.19. The van der Waals surface area contributed by atoms with E-state index in [9.17, 15) is 9.59 Å². The van der Waals surface area contributed by atoms with Crippen LogP contribution in [0, 0.1) is 0 Å². The zero-order chi connectivity index (χ0) is 23.7. The Kier molecular flexibility index (Phi) is 8.35. The minimum absolute atomic E-state index is 0.441. The zero-order valence-electron chi connectivity index (χ0n) is 18.2. The molecule has 0 unspecified atom stereocenters. The summed E-state index contributed by atoms with van der Waals surface area (Å²) in [6.45, 7) is -0.672. The molecule has 0 amide bonds. The highest BCUT2D eigenvalue weighted by molar-refractivity contribution is 8.09. The van der Waals surface area contributed by atoms with Crippen molar-refractivity contribution in [1.29, 1.82) is 0 Å². The summed E-state index contributed by atoms with van der Waals surface area (Å²) in [7, 11) is 1.67. The van der Waals surface area contributed by atoms with Gasteiger partial charge >= 0.3 is 6.64 Å². The fourth-order valence-electron chi connectivity index (χ4n) is 2.65. The lowest BCUT2D eigenvalue weighted by Crippen LogP contribution is -2.17. The molecule has 9 heteroatoms. The molecule has 3 aromatic carbocycles. The predicted octanol–water partition coefficient (Wildman–Crippen LogP) is 5.36. The van der Waals surface area contributed by atoms with Crippen LogP contribution in [0.3, 0.4) is 0 Å². The maximum absolute atomic E-state index is 10.9. The van der Waals surface area contributed by atoms with Crippen molar-refractivity contribution in [1.82, 2.24) is 4.78 Å². The van der Waals surface area contributed by atoms with Crippen LogP contribution in [0.2, 0.25) is 0 Å². The third kappa shape index (κ3) is 6.75. The van der Waals surface area contributed by atoms with E-state index >= 15 is 0 Å². The van der Waals surface area contributed by atoms with Gasteiger partial charge in [-0.1, -0.05) is 0 Å². The second kappa shape index (κ2) is 11.4. The topological polar surface area (TPSA) is 77.4 Å². The molecule has 0 saturated carbocycles. The lowest BCUT2D eigenvalue weighted by molar-refractivity contribution is 0.111. The van der Waals surface area contributed by atoms with Crippen molar-refractivity contribution >= 4 is 37.2 Å². The first-order valence-corrected chi connectivity index (χ1v) is 12.7. The Labute approximate surface area is 197 Å². The molecular formula is C24H23N2O5PS. The Morgan fingerprint density at radius 3 is 1.64 bits per heavy atom. The van der Waals surface area contributed by atoms with Gasteiger partial charge in [0, 0.05) is 30.0 Å². The molecule has 0 saturated heterocycles. The first kappa shape index (κ1) is 24.2. The van der Waals surface area contributed by atoms with E-state index in [0.29, 0.717) is 29.2 Å². The van der Waals surface area contributed by atoms with Crippen LogP contribution < -0.4 is 13.8 Å². The number of hydrogen-bond acceptors (Lipinski definition) is 7. The molecule has 0 spiro atoms. The predicted molar refractivity (Wildman–Crippen MR) is 132 cm³/mol. The Hall–Kier alpha value is -3.48. The van der Waals surface area contributed by atoms with E-state index < -0.39 is 6.64 Å². The molecule has 0 bridgehead atoms. The van der Waals surface area contributed by atoms with E-state index in [1.165, 1.54) is 4.78 Å². The highest BCUT2D eigenvalue weighted by Gasteiger charge is 2.28. The van der Waals surface area contributed by atoms with Crippen molar-refractivity contribution in [3.8, 4) is 17.2 Å². The molecule has 0 aliphatic rings. The van der Waals surface area contributed by atoms with Crippen molar-refractivity contribution in [3.63, 3.8) is 0 Å². The molecule has 0 aromatic heterocycles. The molecule has 0 aliphatic heterocycles. The molecule has 170 valence electrons. The van der Waals surface area contributed by atoms with Gasteiger partial charge in [0.15, 0.2) is 0 Å². The standard InChI is InChI=1S/C24H23N2O5PS/c1-3-29-22-10-4-19(5-11-22)16-25-26(2)32(33,30-23-12-6-20(17-27)7-13-23)31-24-14-8-21(18-28)9-15-24/h4-18H,3H2,1-2H3/b25-16+. The lowest BCUT2D eigenvalue weighted by Gasteiger charge is -2.29. The summed E-state index contributed by atoms with van der Waals surface area (Å²) in [6.07, 6.45) is 3.14. The van der Waals surface area contributed by atoms with Gasteiger partial charge < -0.3 is 13.8 Å². The maximum Gasteiger partial charge on any atom is 0.410 e. The molecule has 3 aromatic rings. The van der Waals surface area contributed by atoms with E-state index in [1.54, 1.807) is 61.8 Å². The molecule has 0 fully saturated rings. The molecular weight excluding hydrogens is 459 g/mol. The molecule has 0 atom stereocenters. The number of rotatable bonds is 11. The number of carbonyl (C=O) groups excluding carboxylic acids is 2. The van der Waals surface area contributed by atoms with Gasteiger partial charge in [-0.25, -0.2) is 4.78 Å². The van der Waals surface area contributed by atoms with Crippen LogP contribution in [-0.4, -0.2) is 37.2 Å². The molecule has 3 rings (SSSR count). The first-order chi connectivity index (χ1) is 16.0. The maximum atomic E-state index is 10.9. The second-order valence-electron chi connectivity index (χ2n) is 6.76. The van der Waals surface area contributed by atoms with Crippen LogP contribution in [0.1, 0.15) is 33.2 Å². The zero-order valence-corrected chi connectivity index (χ0v) is 19.9. The quantitative estimate of drug-likeness (QED) is 0.158. The second-order valence-corrected chi connectivity index (χ2v) is 10.0. The Balaban J connectivity index is 1.85. The summed E-state index contributed by atoms with van der Waals surface area (Å²) in [4.78, 5) is 21.9. The number of ether oxygens (including phenoxy) is 1. The van der Waals surface area contributed by atoms with Crippen LogP contribution in [0.15, 0.2) is 77.9 Å². The SMILES string of the molecule is CCOc1ccc(/C=N/N(C)P(=S)(Oc2ccc(C=O)cc2)Oc2ccc(C=O)cc2)cc1. The number of aldehydes is 2. The number of hydrogen-bond donors (Lipinski definition) is 0. The van der Waals surface area contributed by atoms with Gasteiger partial charge in [-0.05, 0) is 85.3 Å². The molecule has 0 N–H and O–H groups in total. The number of hydrazone groups is 1. The number of benzene rings is 3. The van der Waals surface area contributed by atoms with E-state index in [2.05, 4.69) is 5.10 Å². The minimum Gasteiger partial charge on any atom is -0.494 e. The van der Waals surface area contributed by atoms with E-state index in [0.717, 1.165) is 23.9 Å². The highest BCUT2D eigenvalue weighted by atomic mass is 32.5. The smallest absolute Gasteiger partial charge is 0.410 e. The summed E-state index contributed by atoms with van der Waals surface area (Å²) >= 11 is 5.80. The average molecular weight is 482 g/mol. The molecule has 0 radical (unpaired) electrons. The highest BCUT2D eigenvalue weighted by Crippen LogP contribution is 2.51. The Morgan fingerprint density at radius 2 is 1.21 bits per heavy atom. The van der Waals surface area contributed by atoms with Gasteiger partial charge in [-0.2, -0.15) is 5.10 Å². The van der Waals surface area contributed by atoms with Crippen LogP contribution in [0.4, 0.5) is 0 Å². The normalized spacial score (nSPS) is 11.1. The fraction of sp³-hybridized carbons (Fsp3) is 0.125. The summed E-state index contributed by atoms with van der Waals surface area (Å²) in [5.74, 6) is 1.66. The molecule has 0 aliphatic carbocycles. The number of carbonyl (C=O) groups is 2. The van der Waals surface area contributed by atoms with Crippen molar-refractivity contribution < 1.29 is 23.4 Å². The van der Waals surface area contributed by atoms with Crippen molar-refractivity contribution in [2.45, 2.75) is 6.92 Å². The van der Waals surface area contributed by atoms with Gasteiger partial charge in [0.05, 0.1) is 12.8 Å². The van der Waals surface area contributed by atoms with Crippen LogP contribution in [0.5, 0.6) is 17.2 Å². The van der Waals surface area contributed by atoms with E-state index in [1.807, 2.05) is 31.2 Å². The Bertz CT molecular complexity index is 1090. The van der Waals surface area contributed by atoms with Crippen LogP contribution in [0.25, 0.3) is 0 Å².